The highest BCUT2D eigenvalue weighted by molar-refractivity contribution is 7.91. The monoisotopic (exact) mass is 536 g/mol. The van der Waals surface area contributed by atoms with Crippen molar-refractivity contribution in [1.82, 2.24) is 4.90 Å². The van der Waals surface area contributed by atoms with E-state index in [9.17, 15) is 21.6 Å². The van der Waals surface area contributed by atoms with Crippen molar-refractivity contribution < 1.29 is 21.6 Å². The number of halogens is 4. The third-order valence-corrected chi connectivity index (χ3v) is 8.75. The Balaban J connectivity index is 1.66. The third-order valence-electron chi connectivity index (χ3n) is 6.58. The van der Waals surface area contributed by atoms with Gasteiger partial charge in [0.15, 0.2) is 0 Å². The molecule has 0 saturated heterocycles. The zero-order valence-electron chi connectivity index (χ0n) is 20.4. The maximum Gasteiger partial charge on any atom is 0.416 e. The highest BCUT2D eigenvalue weighted by Crippen LogP contribution is 2.35. The Labute approximate surface area is 215 Å². The number of anilines is 1. The number of benzene rings is 3. The predicted octanol–water partition coefficient (Wildman–Crippen LogP) is 5.88. The quantitative estimate of drug-likeness (QED) is 0.408. The van der Waals surface area contributed by atoms with Crippen LogP contribution in [-0.4, -0.2) is 47.6 Å². The molecule has 0 spiro atoms. The van der Waals surface area contributed by atoms with E-state index in [-0.39, 0.29) is 21.2 Å². The number of sulfone groups is 1. The van der Waals surface area contributed by atoms with Gasteiger partial charge in [-0.05, 0) is 91.0 Å². The van der Waals surface area contributed by atoms with E-state index in [0.29, 0.717) is 16.8 Å². The summed E-state index contributed by atoms with van der Waals surface area (Å²) in [4.78, 5) is 4.43. The van der Waals surface area contributed by atoms with Crippen molar-refractivity contribution in [1.29, 1.82) is 0 Å². The van der Waals surface area contributed by atoms with Gasteiger partial charge >= 0.3 is 6.18 Å². The maximum atomic E-state index is 13.7. The molecule has 0 radical (unpaired) electrons. The normalized spacial score (nSPS) is 14.9. The van der Waals surface area contributed by atoms with Crippen molar-refractivity contribution in [3.05, 3.63) is 87.4 Å². The summed E-state index contributed by atoms with van der Waals surface area (Å²) in [5.74, 6) is 0. The number of rotatable bonds is 5. The second kappa shape index (κ2) is 10.1. The van der Waals surface area contributed by atoms with Gasteiger partial charge in [0, 0.05) is 32.2 Å². The van der Waals surface area contributed by atoms with E-state index in [1.54, 1.807) is 18.2 Å². The van der Waals surface area contributed by atoms with Crippen molar-refractivity contribution in [3.63, 3.8) is 0 Å². The molecule has 0 amide bonds. The number of likely N-dealkylation sites (N-methyl/N-ethyl adjacent to an activating group) is 1. The van der Waals surface area contributed by atoms with Crippen molar-refractivity contribution in [2.45, 2.75) is 35.2 Å². The minimum absolute atomic E-state index is 0.134. The van der Waals surface area contributed by atoms with Crippen LogP contribution in [0.15, 0.2) is 64.4 Å². The smallest absolute Gasteiger partial charge is 0.377 e. The summed E-state index contributed by atoms with van der Waals surface area (Å²) in [7, 11) is 1.88. The fourth-order valence-corrected chi connectivity index (χ4v) is 6.19. The molecule has 0 aromatic heterocycles. The third kappa shape index (κ3) is 5.56. The summed E-state index contributed by atoms with van der Waals surface area (Å²) in [5.41, 5.74) is 3.06. The molecule has 1 aliphatic rings. The van der Waals surface area contributed by atoms with Crippen LogP contribution in [-0.2, 0) is 35.3 Å². The van der Waals surface area contributed by atoms with E-state index in [0.717, 1.165) is 49.2 Å². The van der Waals surface area contributed by atoms with E-state index < -0.39 is 21.6 Å². The molecule has 0 aliphatic carbocycles. The molecular weight excluding hydrogens is 509 g/mol. The van der Waals surface area contributed by atoms with Crippen LogP contribution in [0.4, 0.5) is 18.9 Å². The van der Waals surface area contributed by atoms with E-state index in [2.05, 4.69) is 11.9 Å². The van der Waals surface area contributed by atoms with Crippen LogP contribution in [0, 0.1) is 0 Å². The lowest BCUT2D eigenvalue weighted by Crippen LogP contribution is -2.20. The second-order valence-electron chi connectivity index (χ2n) is 9.41. The molecule has 3 aromatic carbocycles. The summed E-state index contributed by atoms with van der Waals surface area (Å²) >= 11 is 6.13. The van der Waals surface area contributed by atoms with Gasteiger partial charge in [0.1, 0.15) is 0 Å². The summed E-state index contributed by atoms with van der Waals surface area (Å²) in [5, 5.41) is 0.228. The minimum Gasteiger partial charge on any atom is -0.377 e. The molecule has 0 unspecified atom stereocenters. The molecule has 4 rings (SSSR count). The van der Waals surface area contributed by atoms with Gasteiger partial charge in [0.2, 0.25) is 9.84 Å². The first-order chi connectivity index (χ1) is 16.9. The van der Waals surface area contributed by atoms with Crippen molar-refractivity contribution >= 4 is 27.1 Å². The van der Waals surface area contributed by atoms with Crippen LogP contribution in [0.1, 0.15) is 27.8 Å². The predicted molar refractivity (Wildman–Crippen MR) is 137 cm³/mol. The Bertz CT molecular complexity index is 1370. The fraction of sp³-hybridized carbons (Fsp3) is 0.333. The number of hydrogen-bond acceptors (Lipinski definition) is 4. The largest absolute Gasteiger partial charge is 0.416 e. The molecule has 1 aliphatic heterocycles. The summed E-state index contributed by atoms with van der Waals surface area (Å²) in [6.45, 7) is 1.78. The highest BCUT2D eigenvalue weighted by atomic mass is 35.5. The first-order valence-corrected chi connectivity index (χ1v) is 13.4. The molecule has 192 valence electrons. The Morgan fingerprint density at radius 3 is 2.14 bits per heavy atom. The standard InChI is InChI=1S/C27H28ClF3N2O2S/c1-32(2)25-16-19-10-12-33(3)13-11-20(19)17-26(25)36(34,35)23-7-4-18(5-8-23)14-21-15-22(27(29,30)31)6-9-24(21)28/h4-9,15-17H,10-14H2,1-3H3. The molecule has 36 heavy (non-hydrogen) atoms. The molecule has 0 saturated carbocycles. The second-order valence-corrected chi connectivity index (χ2v) is 11.7. The highest BCUT2D eigenvalue weighted by Gasteiger charge is 2.31. The Morgan fingerprint density at radius 1 is 0.944 bits per heavy atom. The Morgan fingerprint density at radius 2 is 1.56 bits per heavy atom. The van der Waals surface area contributed by atoms with Gasteiger partial charge in [-0.25, -0.2) is 8.42 Å². The Kier molecular flexibility index (Phi) is 7.42. The van der Waals surface area contributed by atoms with E-state index in [1.165, 1.54) is 18.2 Å². The summed E-state index contributed by atoms with van der Waals surface area (Å²) in [6, 6.07) is 13.2. The van der Waals surface area contributed by atoms with Gasteiger partial charge in [-0.1, -0.05) is 23.7 Å². The first kappa shape index (κ1) is 26.5. The van der Waals surface area contributed by atoms with E-state index in [4.69, 9.17) is 11.6 Å². The van der Waals surface area contributed by atoms with Crippen LogP contribution in [0.2, 0.25) is 5.02 Å². The van der Waals surface area contributed by atoms with Crippen LogP contribution in [0.3, 0.4) is 0 Å². The van der Waals surface area contributed by atoms with Crippen LogP contribution >= 0.6 is 11.6 Å². The topological polar surface area (TPSA) is 40.6 Å². The van der Waals surface area contributed by atoms with Crippen molar-refractivity contribution in [3.8, 4) is 0 Å². The van der Waals surface area contributed by atoms with Gasteiger partial charge in [-0.3, -0.25) is 0 Å². The number of hydrogen-bond donors (Lipinski definition) is 0. The number of nitrogens with zero attached hydrogens (tertiary/aromatic N) is 2. The zero-order valence-corrected chi connectivity index (χ0v) is 21.9. The van der Waals surface area contributed by atoms with Crippen LogP contribution in [0.25, 0.3) is 0 Å². The average Bonchev–Trinajstić information content (AvgIpc) is 3.00. The fourth-order valence-electron chi connectivity index (χ4n) is 4.44. The molecule has 1 heterocycles. The summed E-state index contributed by atoms with van der Waals surface area (Å²) < 4.78 is 66.7. The summed E-state index contributed by atoms with van der Waals surface area (Å²) in [6.07, 6.45) is -2.68. The lowest BCUT2D eigenvalue weighted by Gasteiger charge is -2.21. The van der Waals surface area contributed by atoms with Gasteiger partial charge in [-0.15, -0.1) is 0 Å². The van der Waals surface area contributed by atoms with E-state index >= 15 is 0 Å². The lowest BCUT2D eigenvalue weighted by molar-refractivity contribution is -0.137. The van der Waals surface area contributed by atoms with Gasteiger partial charge in [-0.2, -0.15) is 13.2 Å². The SMILES string of the molecule is CN1CCc2cc(N(C)C)c(S(=O)(=O)c3ccc(Cc4cc(C(F)(F)F)ccc4Cl)cc3)cc2CC1. The van der Waals surface area contributed by atoms with Crippen molar-refractivity contribution in [2.24, 2.45) is 0 Å². The van der Waals surface area contributed by atoms with Crippen LogP contribution in [0.5, 0.6) is 0 Å². The molecular formula is C27H28ClF3N2O2S. The maximum absolute atomic E-state index is 13.7. The zero-order chi connectivity index (χ0) is 26.3. The van der Waals surface area contributed by atoms with Gasteiger partial charge in [0.05, 0.1) is 21.0 Å². The molecule has 0 fully saturated rings. The molecule has 0 bridgehead atoms. The molecule has 0 N–H and O–H groups in total. The van der Waals surface area contributed by atoms with Crippen LogP contribution < -0.4 is 4.90 Å². The Hall–Kier alpha value is -2.55. The average molecular weight is 537 g/mol. The molecule has 9 heteroatoms. The number of alkyl halides is 3. The van der Waals surface area contributed by atoms with Gasteiger partial charge in [0.25, 0.3) is 0 Å². The molecule has 4 nitrogen and oxygen atoms in total. The van der Waals surface area contributed by atoms with E-state index in [1.807, 2.05) is 25.1 Å². The number of fused-ring (bicyclic) bond motifs is 1. The molecule has 3 aromatic rings. The lowest BCUT2D eigenvalue weighted by atomic mass is 10.0. The first-order valence-electron chi connectivity index (χ1n) is 11.6. The minimum atomic E-state index is -4.47. The van der Waals surface area contributed by atoms with Gasteiger partial charge < -0.3 is 9.80 Å². The molecule has 0 atom stereocenters. The van der Waals surface area contributed by atoms with Crippen molar-refractivity contribution in [2.75, 3.05) is 39.1 Å².